The molecule has 2 rings (SSSR count). The van der Waals surface area contributed by atoms with Gasteiger partial charge in [0.2, 0.25) is 5.89 Å². The standard InChI is InChI=1S/C11H19N3O2/c1-2-5-12-6-7-15-8-10-13-11(16-14-10)9-3-4-9/h9,12H,2-8H2,1H3. The van der Waals surface area contributed by atoms with Gasteiger partial charge in [0.05, 0.1) is 6.61 Å². The first kappa shape index (κ1) is 11.5. The Kier molecular flexibility index (Phi) is 4.30. The lowest BCUT2D eigenvalue weighted by molar-refractivity contribution is 0.115. The van der Waals surface area contributed by atoms with Gasteiger partial charge in [-0.05, 0) is 25.8 Å². The Morgan fingerprint density at radius 1 is 1.44 bits per heavy atom. The third-order valence-corrected chi connectivity index (χ3v) is 2.49. The lowest BCUT2D eigenvalue weighted by Gasteiger charge is -2.02. The van der Waals surface area contributed by atoms with Crippen molar-refractivity contribution in [3.63, 3.8) is 0 Å². The van der Waals surface area contributed by atoms with E-state index in [2.05, 4.69) is 22.4 Å². The van der Waals surface area contributed by atoms with Crippen LogP contribution in [0.4, 0.5) is 0 Å². The number of rotatable bonds is 8. The van der Waals surface area contributed by atoms with E-state index in [9.17, 15) is 0 Å². The molecule has 5 nitrogen and oxygen atoms in total. The van der Waals surface area contributed by atoms with Crippen molar-refractivity contribution in [1.82, 2.24) is 15.5 Å². The van der Waals surface area contributed by atoms with Gasteiger partial charge in [-0.1, -0.05) is 12.1 Å². The largest absolute Gasteiger partial charge is 0.372 e. The number of aromatic nitrogens is 2. The Labute approximate surface area is 95.6 Å². The molecule has 16 heavy (non-hydrogen) atoms. The lowest BCUT2D eigenvalue weighted by atomic mass is 10.4. The quantitative estimate of drug-likeness (QED) is 0.679. The molecular weight excluding hydrogens is 206 g/mol. The average molecular weight is 225 g/mol. The van der Waals surface area contributed by atoms with E-state index >= 15 is 0 Å². The summed E-state index contributed by atoms with van der Waals surface area (Å²) in [6.07, 6.45) is 3.52. The maximum Gasteiger partial charge on any atom is 0.229 e. The van der Waals surface area contributed by atoms with E-state index < -0.39 is 0 Å². The van der Waals surface area contributed by atoms with Crippen LogP contribution in [-0.2, 0) is 11.3 Å². The van der Waals surface area contributed by atoms with Crippen molar-refractivity contribution < 1.29 is 9.26 Å². The molecular formula is C11H19N3O2. The Morgan fingerprint density at radius 2 is 2.31 bits per heavy atom. The molecule has 1 fully saturated rings. The Hall–Kier alpha value is -0.940. The van der Waals surface area contributed by atoms with Gasteiger partial charge in [-0.25, -0.2) is 0 Å². The van der Waals surface area contributed by atoms with Crippen LogP contribution in [0.5, 0.6) is 0 Å². The zero-order valence-electron chi connectivity index (χ0n) is 9.74. The normalized spacial score (nSPS) is 15.6. The van der Waals surface area contributed by atoms with Crippen LogP contribution in [-0.4, -0.2) is 29.8 Å². The molecule has 1 saturated carbocycles. The van der Waals surface area contributed by atoms with Crippen molar-refractivity contribution in [3.05, 3.63) is 11.7 Å². The average Bonchev–Trinajstić information content (AvgIpc) is 3.04. The molecule has 0 aromatic carbocycles. The first-order valence-corrected chi connectivity index (χ1v) is 6.01. The number of hydrogen-bond donors (Lipinski definition) is 1. The number of hydrogen-bond acceptors (Lipinski definition) is 5. The van der Waals surface area contributed by atoms with Gasteiger partial charge in [0.1, 0.15) is 6.61 Å². The number of nitrogens with zero attached hydrogens (tertiary/aromatic N) is 2. The van der Waals surface area contributed by atoms with Crippen LogP contribution < -0.4 is 5.32 Å². The van der Waals surface area contributed by atoms with E-state index in [1.54, 1.807) is 0 Å². The monoisotopic (exact) mass is 225 g/mol. The second kappa shape index (κ2) is 5.96. The van der Waals surface area contributed by atoms with Crippen molar-refractivity contribution in [2.45, 2.75) is 38.7 Å². The van der Waals surface area contributed by atoms with Gasteiger partial charge in [0.15, 0.2) is 5.82 Å². The maximum atomic E-state index is 5.43. The molecule has 0 amide bonds. The SMILES string of the molecule is CCCNCCOCc1noc(C2CC2)n1. The molecule has 1 aliphatic rings. The highest BCUT2D eigenvalue weighted by atomic mass is 16.5. The fraction of sp³-hybridized carbons (Fsp3) is 0.818. The molecule has 90 valence electrons. The van der Waals surface area contributed by atoms with Crippen molar-refractivity contribution >= 4 is 0 Å². The maximum absolute atomic E-state index is 5.43. The first-order valence-electron chi connectivity index (χ1n) is 6.01. The van der Waals surface area contributed by atoms with Crippen LogP contribution in [0.15, 0.2) is 4.52 Å². The molecule has 0 bridgehead atoms. The summed E-state index contributed by atoms with van der Waals surface area (Å²) in [6, 6.07) is 0. The Balaban J connectivity index is 1.57. The summed E-state index contributed by atoms with van der Waals surface area (Å²) < 4.78 is 10.6. The smallest absolute Gasteiger partial charge is 0.229 e. The van der Waals surface area contributed by atoms with Crippen LogP contribution >= 0.6 is 0 Å². The summed E-state index contributed by atoms with van der Waals surface area (Å²) in [5.74, 6) is 1.97. The molecule has 0 atom stereocenters. The van der Waals surface area contributed by atoms with E-state index in [1.165, 1.54) is 12.8 Å². The zero-order valence-corrected chi connectivity index (χ0v) is 9.74. The van der Waals surface area contributed by atoms with Crippen LogP contribution in [0.3, 0.4) is 0 Å². The molecule has 0 unspecified atom stereocenters. The Morgan fingerprint density at radius 3 is 3.06 bits per heavy atom. The number of nitrogens with one attached hydrogen (secondary N) is 1. The molecule has 1 heterocycles. The summed E-state index contributed by atoms with van der Waals surface area (Å²) in [5, 5.41) is 7.15. The highest BCUT2D eigenvalue weighted by molar-refractivity contribution is 5.01. The Bertz CT molecular complexity index is 310. The predicted molar refractivity (Wildman–Crippen MR) is 59.1 cm³/mol. The van der Waals surface area contributed by atoms with Gasteiger partial charge in [-0.3, -0.25) is 0 Å². The molecule has 1 aliphatic carbocycles. The van der Waals surface area contributed by atoms with E-state index in [1.807, 2.05) is 0 Å². The molecule has 1 aromatic heterocycles. The third-order valence-electron chi connectivity index (χ3n) is 2.49. The minimum absolute atomic E-state index is 0.448. The van der Waals surface area contributed by atoms with Crippen molar-refractivity contribution in [3.8, 4) is 0 Å². The van der Waals surface area contributed by atoms with Crippen LogP contribution in [0, 0.1) is 0 Å². The van der Waals surface area contributed by atoms with Crippen molar-refractivity contribution in [2.24, 2.45) is 0 Å². The van der Waals surface area contributed by atoms with Gasteiger partial charge in [-0.15, -0.1) is 0 Å². The van der Waals surface area contributed by atoms with Crippen molar-refractivity contribution in [2.75, 3.05) is 19.7 Å². The van der Waals surface area contributed by atoms with Crippen molar-refractivity contribution in [1.29, 1.82) is 0 Å². The lowest BCUT2D eigenvalue weighted by Crippen LogP contribution is -2.20. The van der Waals surface area contributed by atoms with E-state index in [-0.39, 0.29) is 0 Å². The molecule has 1 aromatic rings. The minimum Gasteiger partial charge on any atom is -0.372 e. The number of ether oxygens (including phenoxy) is 1. The molecule has 1 N–H and O–H groups in total. The van der Waals surface area contributed by atoms with E-state index in [4.69, 9.17) is 9.26 Å². The highest BCUT2D eigenvalue weighted by Crippen LogP contribution is 2.38. The van der Waals surface area contributed by atoms with E-state index in [0.29, 0.717) is 25.0 Å². The summed E-state index contributed by atoms with van der Waals surface area (Å²) in [5.41, 5.74) is 0. The van der Waals surface area contributed by atoms with Gasteiger partial charge in [0.25, 0.3) is 0 Å². The second-order valence-electron chi connectivity index (χ2n) is 4.13. The second-order valence-corrected chi connectivity index (χ2v) is 4.13. The summed E-state index contributed by atoms with van der Waals surface area (Å²) >= 11 is 0. The molecule has 0 saturated heterocycles. The minimum atomic E-state index is 0.448. The topological polar surface area (TPSA) is 60.2 Å². The fourth-order valence-electron chi connectivity index (χ4n) is 1.43. The van der Waals surface area contributed by atoms with Gasteiger partial charge >= 0.3 is 0 Å². The van der Waals surface area contributed by atoms with Gasteiger partial charge in [-0.2, -0.15) is 4.98 Å². The first-order chi connectivity index (χ1) is 7.90. The third kappa shape index (κ3) is 3.57. The molecule has 0 spiro atoms. The van der Waals surface area contributed by atoms with Gasteiger partial charge in [0, 0.05) is 12.5 Å². The summed E-state index contributed by atoms with van der Waals surface area (Å²) in [4.78, 5) is 4.28. The van der Waals surface area contributed by atoms with Gasteiger partial charge < -0.3 is 14.6 Å². The van der Waals surface area contributed by atoms with Crippen LogP contribution in [0.1, 0.15) is 43.8 Å². The summed E-state index contributed by atoms with van der Waals surface area (Å²) in [6.45, 7) is 5.20. The highest BCUT2D eigenvalue weighted by Gasteiger charge is 2.29. The van der Waals surface area contributed by atoms with E-state index in [0.717, 1.165) is 25.4 Å². The predicted octanol–water partition coefficient (Wildman–Crippen LogP) is 1.46. The fourth-order valence-corrected chi connectivity index (χ4v) is 1.43. The van der Waals surface area contributed by atoms with Crippen LogP contribution in [0.25, 0.3) is 0 Å². The molecule has 5 heteroatoms. The zero-order chi connectivity index (χ0) is 11.2. The van der Waals surface area contributed by atoms with Crippen LogP contribution in [0.2, 0.25) is 0 Å². The molecule has 0 radical (unpaired) electrons. The molecule has 0 aliphatic heterocycles. The summed E-state index contributed by atoms with van der Waals surface area (Å²) in [7, 11) is 0.